The quantitative estimate of drug-likeness (QED) is 0.671. The van der Waals surface area contributed by atoms with Crippen LogP contribution in [0.15, 0.2) is 0 Å². The van der Waals surface area contributed by atoms with Gasteiger partial charge >= 0.3 is 0 Å². The Balaban J connectivity index is 2.62. The average molecular weight is 300 g/mol. The molecular formula is C17H36N2O2. The van der Waals surface area contributed by atoms with Gasteiger partial charge in [-0.05, 0) is 37.1 Å². The van der Waals surface area contributed by atoms with E-state index in [-0.39, 0.29) is 0 Å². The average Bonchev–Trinajstić information content (AvgIpc) is 2.45. The van der Waals surface area contributed by atoms with E-state index in [9.17, 15) is 0 Å². The Kier molecular flexibility index (Phi) is 9.49. The van der Waals surface area contributed by atoms with E-state index in [4.69, 9.17) is 9.47 Å². The monoisotopic (exact) mass is 300 g/mol. The van der Waals surface area contributed by atoms with Crippen molar-refractivity contribution in [1.82, 2.24) is 10.2 Å². The number of nitrogens with zero attached hydrogens (tertiary/aromatic N) is 1. The number of methoxy groups -OCH3 is 2. The summed E-state index contributed by atoms with van der Waals surface area (Å²) in [6.07, 6.45) is 2.67. The highest BCUT2D eigenvalue weighted by Crippen LogP contribution is 2.34. The van der Waals surface area contributed by atoms with Crippen molar-refractivity contribution in [2.75, 3.05) is 53.6 Å². The van der Waals surface area contributed by atoms with Gasteiger partial charge in [0, 0.05) is 39.9 Å². The highest BCUT2D eigenvalue weighted by molar-refractivity contribution is 4.89. The first-order valence-electron chi connectivity index (χ1n) is 8.55. The molecule has 1 aliphatic rings. The second kappa shape index (κ2) is 10.5. The summed E-state index contributed by atoms with van der Waals surface area (Å²) in [7, 11) is 3.56. The molecule has 1 saturated carbocycles. The molecule has 4 atom stereocenters. The standard InChI is InChI=1S/C17H36N2O2/c1-6-18-17-12-14(2)11-15(3)16(17)13-19(7-9-20-4)8-10-21-5/h14-18H,6-13H2,1-5H3. The molecule has 0 aromatic rings. The van der Waals surface area contributed by atoms with Crippen molar-refractivity contribution in [2.45, 2.75) is 39.7 Å². The minimum absolute atomic E-state index is 0.654. The molecule has 1 aliphatic carbocycles. The van der Waals surface area contributed by atoms with Crippen LogP contribution in [0.4, 0.5) is 0 Å². The van der Waals surface area contributed by atoms with Crippen LogP contribution in [0.1, 0.15) is 33.6 Å². The van der Waals surface area contributed by atoms with E-state index in [0.29, 0.717) is 6.04 Å². The molecule has 0 radical (unpaired) electrons. The summed E-state index contributed by atoms with van der Waals surface area (Å²) < 4.78 is 10.5. The van der Waals surface area contributed by atoms with Crippen LogP contribution in [0.5, 0.6) is 0 Å². The highest BCUT2D eigenvalue weighted by Gasteiger charge is 2.34. The smallest absolute Gasteiger partial charge is 0.0589 e. The van der Waals surface area contributed by atoms with Crippen LogP contribution in [-0.2, 0) is 9.47 Å². The third-order valence-corrected chi connectivity index (χ3v) is 4.84. The Morgan fingerprint density at radius 2 is 1.67 bits per heavy atom. The molecule has 21 heavy (non-hydrogen) atoms. The molecule has 0 spiro atoms. The fraction of sp³-hybridized carbons (Fsp3) is 1.00. The zero-order valence-corrected chi connectivity index (χ0v) is 14.7. The predicted molar refractivity (Wildman–Crippen MR) is 88.7 cm³/mol. The molecule has 0 aromatic carbocycles. The highest BCUT2D eigenvalue weighted by atomic mass is 16.5. The van der Waals surface area contributed by atoms with Crippen molar-refractivity contribution in [2.24, 2.45) is 17.8 Å². The van der Waals surface area contributed by atoms with E-state index >= 15 is 0 Å². The molecular weight excluding hydrogens is 264 g/mol. The van der Waals surface area contributed by atoms with E-state index in [0.717, 1.165) is 57.1 Å². The van der Waals surface area contributed by atoms with Gasteiger partial charge in [0.1, 0.15) is 0 Å². The van der Waals surface area contributed by atoms with Crippen LogP contribution < -0.4 is 5.32 Å². The normalized spacial score (nSPS) is 30.0. The van der Waals surface area contributed by atoms with Gasteiger partial charge < -0.3 is 14.8 Å². The van der Waals surface area contributed by atoms with Crippen LogP contribution in [0, 0.1) is 17.8 Å². The minimum atomic E-state index is 0.654. The largest absolute Gasteiger partial charge is 0.383 e. The summed E-state index contributed by atoms with van der Waals surface area (Å²) in [6.45, 7) is 12.8. The van der Waals surface area contributed by atoms with Gasteiger partial charge in [0.15, 0.2) is 0 Å². The van der Waals surface area contributed by atoms with E-state index in [1.165, 1.54) is 12.8 Å². The Labute approximate surface area is 131 Å². The van der Waals surface area contributed by atoms with Gasteiger partial charge in [0.25, 0.3) is 0 Å². The maximum Gasteiger partial charge on any atom is 0.0589 e. The molecule has 1 fully saturated rings. The summed E-state index contributed by atoms with van der Waals surface area (Å²) in [6, 6.07) is 0.654. The van der Waals surface area contributed by atoms with E-state index < -0.39 is 0 Å². The first-order valence-corrected chi connectivity index (χ1v) is 8.55. The molecule has 4 heteroatoms. The van der Waals surface area contributed by atoms with Gasteiger partial charge in [-0.2, -0.15) is 0 Å². The molecule has 126 valence electrons. The summed E-state index contributed by atoms with van der Waals surface area (Å²) in [5, 5.41) is 3.72. The van der Waals surface area contributed by atoms with Crippen molar-refractivity contribution < 1.29 is 9.47 Å². The Morgan fingerprint density at radius 1 is 1.05 bits per heavy atom. The van der Waals surface area contributed by atoms with Gasteiger partial charge in [-0.3, -0.25) is 4.90 Å². The van der Waals surface area contributed by atoms with Crippen molar-refractivity contribution in [3.05, 3.63) is 0 Å². The SMILES string of the molecule is CCNC1CC(C)CC(C)C1CN(CCOC)CCOC. The molecule has 1 N–H and O–H groups in total. The first kappa shape index (κ1) is 18.9. The topological polar surface area (TPSA) is 33.7 Å². The van der Waals surface area contributed by atoms with Gasteiger partial charge in [0.05, 0.1) is 13.2 Å². The molecule has 1 rings (SSSR count). The Hall–Kier alpha value is -0.160. The van der Waals surface area contributed by atoms with Gasteiger partial charge in [-0.25, -0.2) is 0 Å². The molecule has 0 aliphatic heterocycles. The lowest BCUT2D eigenvalue weighted by Gasteiger charge is -2.42. The van der Waals surface area contributed by atoms with Crippen molar-refractivity contribution in [3.8, 4) is 0 Å². The summed E-state index contributed by atoms with van der Waals surface area (Å²) in [4.78, 5) is 2.51. The summed E-state index contributed by atoms with van der Waals surface area (Å²) in [5.74, 6) is 2.35. The molecule has 0 aromatic heterocycles. The van der Waals surface area contributed by atoms with E-state index in [1.807, 2.05) is 0 Å². The molecule has 4 unspecified atom stereocenters. The summed E-state index contributed by atoms with van der Waals surface area (Å²) >= 11 is 0. The third kappa shape index (κ3) is 6.64. The van der Waals surface area contributed by atoms with Gasteiger partial charge in [-0.1, -0.05) is 20.8 Å². The molecule has 0 heterocycles. The Bertz CT molecular complexity index is 255. The maximum atomic E-state index is 5.26. The molecule has 0 bridgehead atoms. The van der Waals surface area contributed by atoms with Crippen LogP contribution in [0.3, 0.4) is 0 Å². The minimum Gasteiger partial charge on any atom is -0.383 e. The second-order valence-corrected chi connectivity index (χ2v) is 6.67. The maximum absolute atomic E-state index is 5.26. The van der Waals surface area contributed by atoms with Gasteiger partial charge in [-0.15, -0.1) is 0 Å². The zero-order chi connectivity index (χ0) is 15.7. The third-order valence-electron chi connectivity index (χ3n) is 4.84. The van der Waals surface area contributed by atoms with Gasteiger partial charge in [0.2, 0.25) is 0 Å². The fourth-order valence-electron chi connectivity index (χ4n) is 3.75. The Morgan fingerprint density at radius 3 is 2.19 bits per heavy atom. The first-order chi connectivity index (χ1) is 10.1. The van der Waals surface area contributed by atoms with E-state index in [2.05, 4.69) is 31.0 Å². The van der Waals surface area contributed by atoms with Crippen molar-refractivity contribution in [3.63, 3.8) is 0 Å². The summed E-state index contributed by atoms with van der Waals surface area (Å²) in [5.41, 5.74) is 0. The molecule has 0 amide bonds. The number of ether oxygens (including phenoxy) is 2. The number of hydrogen-bond donors (Lipinski definition) is 1. The second-order valence-electron chi connectivity index (χ2n) is 6.67. The predicted octanol–water partition coefficient (Wildman–Crippen LogP) is 2.24. The fourth-order valence-corrected chi connectivity index (χ4v) is 3.75. The van der Waals surface area contributed by atoms with Crippen molar-refractivity contribution >= 4 is 0 Å². The number of hydrogen-bond acceptors (Lipinski definition) is 4. The molecule has 0 saturated heterocycles. The number of rotatable bonds is 10. The zero-order valence-electron chi connectivity index (χ0n) is 14.7. The lowest BCUT2D eigenvalue weighted by atomic mass is 9.72. The van der Waals surface area contributed by atoms with Crippen LogP contribution in [-0.4, -0.2) is 64.6 Å². The van der Waals surface area contributed by atoms with Crippen LogP contribution in [0.25, 0.3) is 0 Å². The lowest BCUT2D eigenvalue weighted by molar-refractivity contribution is 0.0662. The van der Waals surface area contributed by atoms with E-state index in [1.54, 1.807) is 14.2 Å². The number of nitrogens with one attached hydrogen (secondary N) is 1. The molecule has 4 nitrogen and oxygen atoms in total. The van der Waals surface area contributed by atoms with Crippen molar-refractivity contribution in [1.29, 1.82) is 0 Å². The van der Waals surface area contributed by atoms with Crippen LogP contribution >= 0.6 is 0 Å². The van der Waals surface area contributed by atoms with Crippen LogP contribution in [0.2, 0.25) is 0 Å². The lowest BCUT2D eigenvalue weighted by Crippen LogP contribution is -2.49.